The van der Waals surface area contributed by atoms with Gasteiger partial charge >= 0.3 is 17.8 Å². The number of nitrogens with zero attached hydrogens (tertiary/aromatic N) is 1. The van der Waals surface area contributed by atoms with Crippen LogP contribution in [0.3, 0.4) is 0 Å². The van der Waals surface area contributed by atoms with E-state index in [-0.39, 0.29) is 24.3 Å². The molecule has 1 N–H and O–H groups in total. The molecule has 8 nitrogen and oxygen atoms in total. The highest BCUT2D eigenvalue weighted by atomic mass is 19.4. The molecule has 2 aromatic carbocycles. The minimum atomic E-state index is -4.72. The number of carbonyl (C=O) groups is 1. The van der Waals surface area contributed by atoms with Crippen molar-refractivity contribution >= 4 is 28.3 Å². The minimum absolute atomic E-state index is 0.112. The van der Waals surface area contributed by atoms with Gasteiger partial charge < -0.3 is 14.5 Å². The summed E-state index contributed by atoms with van der Waals surface area (Å²) in [7, 11) is 0. The first-order valence-corrected chi connectivity index (χ1v) is 9.71. The number of hydrogen-bond donors (Lipinski definition) is 1. The van der Waals surface area contributed by atoms with Gasteiger partial charge in [0.1, 0.15) is 16.8 Å². The normalized spacial score (nSPS) is 11.9. The first kappa shape index (κ1) is 23.8. The quantitative estimate of drug-likeness (QED) is 0.223. The van der Waals surface area contributed by atoms with Crippen LogP contribution in [0.25, 0.3) is 11.0 Å². The van der Waals surface area contributed by atoms with Crippen molar-refractivity contribution in [2.45, 2.75) is 32.0 Å². The molecule has 1 heterocycles. The maximum atomic E-state index is 12.9. The Kier molecular flexibility index (Phi) is 6.43. The number of anilines is 1. The van der Waals surface area contributed by atoms with E-state index >= 15 is 0 Å². The molecule has 0 fully saturated rings. The molecule has 0 bridgehead atoms. The minimum Gasteiger partial charge on any atom is -0.462 e. The van der Waals surface area contributed by atoms with Gasteiger partial charge in [0.2, 0.25) is 0 Å². The molecule has 0 radical (unpaired) electrons. The van der Waals surface area contributed by atoms with Crippen LogP contribution < -0.4 is 10.9 Å². The van der Waals surface area contributed by atoms with E-state index in [4.69, 9.17) is 9.15 Å². The third-order valence-electron chi connectivity index (χ3n) is 4.82. The van der Waals surface area contributed by atoms with E-state index in [0.29, 0.717) is 17.0 Å². The number of para-hydroxylation sites is 1. The largest absolute Gasteiger partial charge is 0.462 e. The highest BCUT2D eigenvalue weighted by Crippen LogP contribution is 2.36. The molecule has 0 aliphatic heterocycles. The number of fused-ring (bicyclic) bond motifs is 1. The first-order valence-electron chi connectivity index (χ1n) is 9.71. The monoisotopic (exact) mass is 464 g/mol. The summed E-state index contributed by atoms with van der Waals surface area (Å²) in [6.45, 7) is 3.10. The number of benzene rings is 2. The van der Waals surface area contributed by atoms with Crippen molar-refractivity contribution in [2.75, 3.05) is 11.9 Å². The van der Waals surface area contributed by atoms with Crippen molar-refractivity contribution in [3.63, 3.8) is 0 Å². The lowest BCUT2D eigenvalue weighted by Gasteiger charge is -2.27. The lowest BCUT2D eigenvalue weighted by atomic mass is 10.00. The highest BCUT2D eigenvalue weighted by Gasteiger charge is 2.34. The number of esters is 1. The number of hydrogen-bond acceptors (Lipinski definition) is 7. The number of ether oxygens (including phenoxy) is 1. The average molecular weight is 464 g/mol. The molecule has 0 amide bonds. The predicted octanol–water partition coefficient (Wildman–Crippen LogP) is 5.16. The lowest BCUT2D eigenvalue weighted by Crippen LogP contribution is -2.33. The Morgan fingerprint density at radius 1 is 1.15 bits per heavy atom. The van der Waals surface area contributed by atoms with Gasteiger partial charge in [-0.3, -0.25) is 10.1 Å². The zero-order valence-corrected chi connectivity index (χ0v) is 17.6. The number of halogens is 3. The van der Waals surface area contributed by atoms with E-state index in [1.807, 2.05) is 0 Å². The number of nitro benzene ring substituents is 1. The van der Waals surface area contributed by atoms with Gasteiger partial charge in [-0.1, -0.05) is 18.2 Å². The van der Waals surface area contributed by atoms with Crippen LogP contribution in [0.5, 0.6) is 0 Å². The summed E-state index contributed by atoms with van der Waals surface area (Å²) in [5.41, 5.74) is -3.69. The van der Waals surface area contributed by atoms with Crippen LogP contribution in [0.2, 0.25) is 0 Å². The zero-order chi connectivity index (χ0) is 24.4. The fraction of sp³-hybridized carbons (Fsp3) is 0.273. The molecule has 3 rings (SSSR count). The Bertz CT molecular complexity index is 1270. The number of rotatable bonds is 7. The van der Waals surface area contributed by atoms with Crippen LogP contribution in [-0.2, 0) is 10.9 Å². The van der Waals surface area contributed by atoms with Gasteiger partial charge in [-0.05, 0) is 38.1 Å². The van der Waals surface area contributed by atoms with Crippen molar-refractivity contribution in [1.29, 1.82) is 0 Å². The molecule has 174 valence electrons. The standard InChI is InChI=1S/C22H19F3N2O6/c1-21(2,26-16-8-7-14(22(23,24)25)12-17(16)27(30)31)9-10-32-19(28)15-11-13-5-3-4-6-18(13)33-20(15)29/h3-8,11-12,26H,9-10H2,1-2H3. The second kappa shape index (κ2) is 8.93. The first-order chi connectivity index (χ1) is 15.4. The zero-order valence-electron chi connectivity index (χ0n) is 17.6. The van der Waals surface area contributed by atoms with Crippen molar-refractivity contribution < 1.29 is 32.0 Å². The second-order valence-corrected chi connectivity index (χ2v) is 7.87. The van der Waals surface area contributed by atoms with Gasteiger partial charge in [-0.25, -0.2) is 9.59 Å². The molecule has 0 aliphatic rings. The molecular formula is C22H19F3N2O6. The van der Waals surface area contributed by atoms with E-state index in [1.54, 1.807) is 38.1 Å². The molecule has 3 aromatic rings. The van der Waals surface area contributed by atoms with E-state index in [9.17, 15) is 32.9 Å². The maximum Gasteiger partial charge on any atom is 0.416 e. The Morgan fingerprint density at radius 2 is 1.85 bits per heavy atom. The molecule has 0 saturated carbocycles. The molecular weight excluding hydrogens is 445 g/mol. The number of carbonyl (C=O) groups excluding carboxylic acids is 1. The van der Waals surface area contributed by atoms with Crippen molar-refractivity contribution in [3.8, 4) is 0 Å². The van der Waals surface area contributed by atoms with Gasteiger partial charge in [-0.2, -0.15) is 13.2 Å². The summed E-state index contributed by atoms with van der Waals surface area (Å²) in [4.78, 5) is 34.7. The fourth-order valence-electron chi connectivity index (χ4n) is 3.07. The molecule has 11 heteroatoms. The van der Waals surface area contributed by atoms with E-state index < -0.39 is 39.5 Å². The van der Waals surface area contributed by atoms with Gasteiger partial charge in [0, 0.05) is 23.4 Å². The topological polar surface area (TPSA) is 112 Å². The fourth-order valence-corrected chi connectivity index (χ4v) is 3.07. The average Bonchev–Trinajstić information content (AvgIpc) is 2.72. The van der Waals surface area contributed by atoms with Gasteiger partial charge in [0.05, 0.1) is 17.1 Å². The van der Waals surface area contributed by atoms with E-state index in [0.717, 1.165) is 12.1 Å². The summed E-state index contributed by atoms with van der Waals surface area (Å²) >= 11 is 0. The highest BCUT2D eigenvalue weighted by molar-refractivity contribution is 5.92. The number of nitrogens with one attached hydrogen (secondary N) is 1. The SMILES string of the molecule is CC(C)(CCOC(=O)c1cc2ccccc2oc1=O)Nc1ccc(C(F)(F)F)cc1[N+](=O)[O-]. The van der Waals surface area contributed by atoms with Gasteiger partial charge in [0.25, 0.3) is 5.69 Å². The Balaban J connectivity index is 1.68. The van der Waals surface area contributed by atoms with Crippen LogP contribution >= 0.6 is 0 Å². The molecule has 0 spiro atoms. The number of alkyl halides is 3. The van der Waals surface area contributed by atoms with E-state index in [1.165, 1.54) is 6.07 Å². The molecule has 0 aliphatic carbocycles. The summed E-state index contributed by atoms with van der Waals surface area (Å²) < 4.78 is 48.9. The third-order valence-corrected chi connectivity index (χ3v) is 4.82. The van der Waals surface area contributed by atoms with Crippen LogP contribution in [0, 0.1) is 10.1 Å². The summed E-state index contributed by atoms with van der Waals surface area (Å²) in [5, 5.41) is 14.6. The molecule has 1 aromatic heterocycles. The number of nitro groups is 1. The van der Waals surface area contributed by atoms with Crippen LogP contribution in [0.1, 0.15) is 36.2 Å². The Labute approximate surface area is 185 Å². The molecule has 0 saturated heterocycles. The van der Waals surface area contributed by atoms with Crippen molar-refractivity contribution in [1.82, 2.24) is 0 Å². The summed E-state index contributed by atoms with van der Waals surface area (Å²) in [6.07, 6.45) is -4.59. The predicted molar refractivity (Wildman–Crippen MR) is 113 cm³/mol. The van der Waals surface area contributed by atoms with Gasteiger partial charge in [0.15, 0.2) is 0 Å². The van der Waals surface area contributed by atoms with E-state index in [2.05, 4.69) is 5.32 Å². The summed E-state index contributed by atoms with van der Waals surface area (Å²) in [6, 6.07) is 10.2. The van der Waals surface area contributed by atoms with Crippen LogP contribution in [-0.4, -0.2) is 23.0 Å². The second-order valence-electron chi connectivity index (χ2n) is 7.87. The van der Waals surface area contributed by atoms with Gasteiger partial charge in [-0.15, -0.1) is 0 Å². The smallest absolute Gasteiger partial charge is 0.416 e. The Morgan fingerprint density at radius 3 is 2.52 bits per heavy atom. The third kappa shape index (κ3) is 5.68. The molecule has 0 atom stereocenters. The molecule has 33 heavy (non-hydrogen) atoms. The Hall–Kier alpha value is -3.89. The maximum absolute atomic E-state index is 12.9. The molecule has 0 unspecified atom stereocenters. The van der Waals surface area contributed by atoms with Crippen molar-refractivity contribution in [2.24, 2.45) is 0 Å². The van der Waals surface area contributed by atoms with Crippen LogP contribution in [0.4, 0.5) is 24.5 Å². The lowest BCUT2D eigenvalue weighted by molar-refractivity contribution is -0.384. The summed E-state index contributed by atoms with van der Waals surface area (Å²) in [5.74, 6) is -0.897. The van der Waals surface area contributed by atoms with Crippen LogP contribution in [0.15, 0.2) is 57.7 Å². The van der Waals surface area contributed by atoms with Crippen molar-refractivity contribution in [3.05, 3.63) is 80.2 Å².